The summed E-state index contributed by atoms with van der Waals surface area (Å²) in [7, 11) is 10.4. The average Bonchev–Trinajstić information content (AvgIpc) is 2.68. The Morgan fingerprint density at radius 3 is 2.24 bits per heavy atom. The zero-order chi connectivity index (χ0) is 22.3. The maximum Gasteiger partial charge on any atom is 0.311 e. The second kappa shape index (κ2) is 15.6. The predicted molar refractivity (Wildman–Crippen MR) is 117 cm³/mol. The van der Waals surface area contributed by atoms with Crippen molar-refractivity contribution in [3.8, 4) is 0 Å². The van der Waals surface area contributed by atoms with E-state index in [1.54, 1.807) is 0 Å². The molecule has 0 aromatic rings. The van der Waals surface area contributed by atoms with E-state index in [2.05, 4.69) is 43.3 Å². The number of ether oxygens (including phenoxy) is 2. The fraction of sp³-hybridized carbons (Fsp3) is 0.905. The maximum atomic E-state index is 12.0. The number of carbonyl (C=O) groups excluding carboxylic acids is 2. The molecule has 1 atom stereocenters. The van der Waals surface area contributed by atoms with Crippen molar-refractivity contribution >= 4 is 11.9 Å². The van der Waals surface area contributed by atoms with Crippen LogP contribution in [0.25, 0.3) is 0 Å². The summed E-state index contributed by atoms with van der Waals surface area (Å²) < 4.78 is 11.0. The Hall–Kier alpha value is -1.22. The fourth-order valence-electron chi connectivity index (χ4n) is 2.54. The molecule has 0 bridgehead atoms. The van der Waals surface area contributed by atoms with E-state index in [0.717, 1.165) is 56.7 Å². The Morgan fingerprint density at radius 2 is 1.66 bits per heavy atom. The number of hydrogen-bond acceptors (Lipinski definition) is 7. The molecule has 0 heterocycles. The van der Waals surface area contributed by atoms with Gasteiger partial charge in [-0.05, 0) is 27.6 Å². The number of carbonyl (C=O) groups is 2. The highest BCUT2D eigenvalue weighted by Crippen LogP contribution is 2.04. The van der Waals surface area contributed by atoms with Crippen LogP contribution in [0.5, 0.6) is 0 Å². The molecule has 0 aliphatic heterocycles. The van der Waals surface area contributed by atoms with Gasteiger partial charge >= 0.3 is 11.9 Å². The van der Waals surface area contributed by atoms with Gasteiger partial charge in [0.1, 0.15) is 13.2 Å². The molecule has 0 rings (SSSR count). The van der Waals surface area contributed by atoms with Crippen molar-refractivity contribution in [2.24, 2.45) is 5.92 Å². The topological polar surface area (TPSA) is 71.1 Å². The van der Waals surface area contributed by atoms with Gasteiger partial charge in [0.05, 0.1) is 39.5 Å². The number of esters is 2. The molecular formula is C21H45N4O4+. The Morgan fingerprint density at radius 1 is 1.00 bits per heavy atom. The lowest BCUT2D eigenvalue weighted by molar-refractivity contribution is -0.889. The van der Waals surface area contributed by atoms with Crippen molar-refractivity contribution in [1.82, 2.24) is 15.1 Å². The van der Waals surface area contributed by atoms with E-state index < -0.39 is 0 Å². The summed E-state index contributed by atoms with van der Waals surface area (Å²) in [6, 6.07) is 0. The number of nitrogens with zero attached hydrogens (tertiary/aromatic N) is 3. The van der Waals surface area contributed by atoms with Gasteiger partial charge in [0.15, 0.2) is 0 Å². The Balaban J connectivity index is 4.14. The molecule has 0 aromatic heterocycles. The normalized spacial score (nSPS) is 13.0. The van der Waals surface area contributed by atoms with Gasteiger partial charge in [-0.2, -0.15) is 0 Å². The highest BCUT2D eigenvalue weighted by Gasteiger charge is 2.19. The molecule has 0 fully saturated rings. The van der Waals surface area contributed by atoms with Crippen LogP contribution < -0.4 is 5.32 Å². The molecule has 0 radical (unpaired) electrons. The van der Waals surface area contributed by atoms with E-state index >= 15 is 0 Å². The first-order valence-corrected chi connectivity index (χ1v) is 10.8. The van der Waals surface area contributed by atoms with Crippen molar-refractivity contribution in [1.29, 1.82) is 0 Å². The standard InChI is InChI=1S/C21H45N4O4/c1-8-19(2)21(27)29-18-17-28-20(26)9-15-25(6,7)16-14-24(11-10-22-3)13-12-23(4)5/h19,22H,8-18H2,1-7H3/q+1. The molecule has 29 heavy (non-hydrogen) atoms. The van der Waals surface area contributed by atoms with Crippen LogP contribution in [0.2, 0.25) is 0 Å². The third-order valence-corrected chi connectivity index (χ3v) is 5.09. The Labute approximate surface area is 178 Å². The SMILES string of the molecule is CCC(C)C(=O)OCCOC(=O)CC[N+](C)(C)CCN(CCNC)CCN(C)C. The van der Waals surface area contributed by atoms with Crippen molar-refractivity contribution in [3.63, 3.8) is 0 Å². The molecule has 172 valence electrons. The van der Waals surface area contributed by atoms with E-state index in [1.165, 1.54) is 0 Å². The molecule has 0 aromatic carbocycles. The number of quaternary nitrogens is 1. The summed E-state index contributed by atoms with van der Waals surface area (Å²) in [6.45, 7) is 10.7. The van der Waals surface area contributed by atoms with E-state index in [4.69, 9.17) is 9.47 Å². The molecule has 1 N–H and O–H groups in total. The van der Waals surface area contributed by atoms with Crippen LogP contribution in [0.3, 0.4) is 0 Å². The van der Waals surface area contributed by atoms with Gasteiger partial charge in [0, 0.05) is 32.7 Å². The third kappa shape index (κ3) is 15.3. The van der Waals surface area contributed by atoms with Crippen LogP contribution >= 0.6 is 0 Å². The number of rotatable bonds is 17. The second-order valence-electron chi connectivity index (χ2n) is 8.58. The molecule has 1 unspecified atom stereocenters. The minimum absolute atomic E-state index is 0.116. The minimum Gasteiger partial charge on any atom is -0.462 e. The van der Waals surface area contributed by atoms with Crippen LogP contribution in [0.15, 0.2) is 0 Å². The van der Waals surface area contributed by atoms with E-state index in [0.29, 0.717) is 6.42 Å². The van der Waals surface area contributed by atoms with Crippen molar-refractivity contribution in [2.45, 2.75) is 26.7 Å². The monoisotopic (exact) mass is 417 g/mol. The summed E-state index contributed by atoms with van der Waals surface area (Å²) in [5.41, 5.74) is 0. The lowest BCUT2D eigenvalue weighted by Gasteiger charge is -2.33. The first kappa shape index (κ1) is 27.8. The average molecular weight is 418 g/mol. The summed E-state index contributed by atoms with van der Waals surface area (Å²) in [4.78, 5) is 28.2. The molecule has 0 aliphatic carbocycles. The lowest BCUT2D eigenvalue weighted by atomic mass is 10.1. The fourth-order valence-corrected chi connectivity index (χ4v) is 2.54. The number of hydrogen-bond donors (Lipinski definition) is 1. The summed E-state index contributed by atoms with van der Waals surface area (Å²) in [5.74, 6) is -0.594. The maximum absolute atomic E-state index is 12.0. The van der Waals surface area contributed by atoms with E-state index in [9.17, 15) is 9.59 Å². The molecule has 0 amide bonds. The van der Waals surface area contributed by atoms with Crippen molar-refractivity contribution in [2.75, 3.05) is 94.3 Å². The van der Waals surface area contributed by atoms with Crippen molar-refractivity contribution < 1.29 is 23.5 Å². The van der Waals surface area contributed by atoms with Crippen LogP contribution in [-0.2, 0) is 19.1 Å². The largest absolute Gasteiger partial charge is 0.462 e. The van der Waals surface area contributed by atoms with Crippen molar-refractivity contribution in [3.05, 3.63) is 0 Å². The van der Waals surface area contributed by atoms with Gasteiger partial charge in [0.25, 0.3) is 0 Å². The zero-order valence-electron chi connectivity index (χ0n) is 19.8. The highest BCUT2D eigenvalue weighted by atomic mass is 16.6. The van der Waals surface area contributed by atoms with Gasteiger partial charge < -0.3 is 24.2 Å². The van der Waals surface area contributed by atoms with E-state index in [-0.39, 0.29) is 31.1 Å². The summed E-state index contributed by atoms with van der Waals surface area (Å²) in [6.07, 6.45) is 1.10. The first-order chi connectivity index (χ1) is 13.6. The van der Waals surface area contributed by atoms with E-state index in [1.807, 2.05) is 20.9 Å². The molecule has 0 saturated heterocycles. The smallest absolute Gasteiger partial charge is 0.311 e. The molecule has 8 heteroatoms. The Bertz CT molecular complexity index is 458. The van der Waals surface area contributed by atoms with Crippen LogP contribution in [0.1, 0.15) is 26.7 Å². The molecular weight excluding hydrogens is 372 g/mol. The quantitative estimate of drug-likeness (QED) is 0.212. The minimum atomic E-state index is -0.240. The third-order valence-electron chi connectivity index (χ3n) is 5.09. The van der Waals surface area contributed by atoms with Gasteiger partial charge in [-0.1, -0.05) is 13.8 Å². The number of nitrogens with one attached hydrogen (secondary N) is 1. The second-order valence-corrected chi connectivity index (χ2v) is 8.58. The van der Waals surface area contributed by atoms with Gasteiger partial charge in [-0.3, -0.25) is 14.5 Å². The predicted octanol–water partition coefficient (Wildman–Crippen LogP) is 0.668. The number of likely N-dealkylation sites (N-methyl/N-ethyl adjacent to an activating group) is 3. The molecule has 0 spiro atoms. The molecule has 0 saturated carbocycles. The van der Waals surface area contributed by atoms with Crippen LogP contribution in [0, 0.1) is 5.92 Å². The summed E-state index contributed by atoms with van der Waals surface area (Å²) >= 11 is 0. The van der Waals surface area contributed by atoms with Gasteiger partial charge in [0.2, 0.25) is 0 Å². The lowest BCUT2D eigenvalue weighted by Crippen LogP contribution is -2.48. The Kier molecular flexibility index (Phi) is 14.9. The summed E-state index contributed by atoms with van der Waals surface area (Å²) in [5, 5.41) is 3.21. The molecule has 8 nitrogen and oxygen atoms in total. The van der Waals surface area contributed by atoms with Gasteiger partial charge in [-0.25, -0.2) is 0 Å². The van der Waals surface area contributed by atoms with Crippen LogP contribution in [0.4, 0.5) is 0 Å². The first-order valence-electron chi connectivity index (χ1n) is 10.8. The van der Waals surface area contributed by atoms with Gasteiger partial charge in [-0.15, -0.1) is 0 Å². The highest BCUT2D eigenvalue weighted by molar-refractivity contribution is 5.72. The van der Waals surface area contributed by atoms with Crippen LogP contribution in [-0.4, -0.2) is 120 Å². The molecule has 0 aliphatic rings. The zero-order valence-corrected chi connectivity index (χ0v) is 19.8.